The second-order valence-corrected chi connectivity index (χ2v) is 1.37. The first-order chi connectivity index (χ1) is 5.54. The molecule has 0 aromatic rings. The van der Waals surface area contributed by atoms with E-state index in [1.807, 2.05) is 0 Å². The molecule has 0 aliphatic heterocycles. The smallest absolute Gasteiger partial charge is 0.414 e. The average molecular weight is 179 g/mol. The average Bonchev–Trinajstić information content (AvgIpc) is 1.87. The summed E-state index contributed by atoms with van der Waals surface area (Å²) >= 11 is 0. The molecule has 0 aromatic carbocycles. The molecule has 0 amide bonds. The van der Waals surface area contributed by atoms with Gasteiger partial charge in [0.05, 0.1) is 0 Å². The zero-order valence-corrected chi connectivity index (χ0v) is 5.89. The predicted molar refractivity (Wildman–Crippen MR) is 34.4 cm³/mol. The molecule has 0 heterocycles. The van der Waals surface area contributed by atoms with Crippen LogP contribution in [0.5, 0.6) is 0 Å². The van der Waals surface area contributed by atoms with Crippen molar-refractivity contribution < 1.29 is 34.4 Å². The van der Waals surface area contributed by atoms with Gasteiger partial charge in [-0.15, -0.1) is 0 Å². The lowest BCUT2D eigenvalue weighted by molar-refractivity contribution is -0.148. The van der Waals surface area contributed by atoms with Crippen LogP contribution in [-0.4, -0.2) is 46.9 Å². The zero-order valence-electron chi connectivity index (χ0n) is 5.89. The van der Waals surface area contributed by atoms with Gasteiger partial charge < -0.3 is 20.1 Å². The largest absolute Gasteiger partial charge is 0.480 e. The Labute approximate surface area is 67.2 Å². The Kier molecular flexibility index (Phi) is 10.1. The van der Waals surface area contributed by atoms with Crippen LogP contribution >= 0.6 is 0 Å². The summed E-state index contributed by atoms with van der Waals surface area (Å²) in [5.74, 6) is -2.34. The van der Waals surface area contributed by atoms with Crippen molar-refractivity contribution in [1.29, 1.82) is 0 Å². The maximum atomic E-state index is 9.66. The van der Waals surface area contributed by atoms with E-state index in [4.69, 9.17) is 20.1 Å². The van der Waals surface area contributed by atoms with Gasteiger partial charge in [0.15, 0.2) is 0 Å². The number of carbonyl (C=O) groups is 2. The van der Waals surface area contributed by atoms with Crippen LogP contribution in [0, 0.1) is 0 Å². The number of rotatable bonds is 4. The summed E-state index contributed by atoms with van der Waals surface area (Å²) in [5.41, 5.74) is 0. The van der Waals surface area contributed by atoms with E-state index in [0.29, 0.717) is 6.47 Å². The molecule has 0 aromatic heterocycles. The summed E-state index contributed by atoms with van der Waals surface area (Å²) in [6.45, 7) is -0.626. The van der Waals surface area contributed by atoms with Crippen LogP contribution in [0.4, 0.5) is 0 Å². The quantitative estimate of drug-likeness (QED) is 0.494. The zero-order chi connectivity index (χ0) is 9.98. The van der Waals surface area contributed by atoms with Crippen molar-refractivity contribution in [2.75, 3.05) is 13.2 Å². The summed E-state index contributed by atoms with van der Waals surface area (Å²) in [6, 6.07) is 0. The van der Waals surface area contributed by atoms with Gasteiger partial charge in [0.2, 0.25) is 0 Å². The molecule has 0 spiro atoms. The number of aliphatic carboxylic acids is 2. The van der Waals surface area contributed by atoms with E-state index in [9.17, 15) is 9.59 Å². The molecular formula is C5H7O7. The summed E-state index contributed by atoms with van der Waals surface area (Å²) in [5, 5.41) is 22.6. The highest BCUT2D eigenvalue weighted by atomic mass is 16.5. The van der Waals surface area contributed by atoms with Gasteiger partial charge in [-0.2, -0.15) is 0 Å². The van der Waals surface area contributed by atoms with Gasteiger partial charge in [-0.3, -0.25) is 0 Å². The highest BCUT2D eigenvalue weighted by molar-refractivity contribution is 5.70. The summed E-state index contributed by atoms with van der Waals surface area (Å²) in [7, 11) is 0. The Morgan fingerprint density at radius 1 is 1.17 bits per heavy atom. The minimum absolute atomic E-state index is 0.500. The van der Waals surface area contributed by atoms with Crippen molar-refractivity contribution in [2.24, 2.45) is 0 Å². The maximum Gasteiger partial charge on any atom is 0.414 e. The third kappa shape index (κ3) is 23.8. The van der Waals surface area contributed by atoms with Gasteiger partial charge in [-0.05, 0) is 0 Å². The van der Waals surface area contributed by atoms with Crippen molar-refractivity contribution in [3.8, 4) is 0 Å². The van der Waals surface area contributed by atoms with E-state index in [2.05, 4.69) is 4.74 Å². The Morgan fingerprint density at radius 2 is 1.42 bits per heavy atom. The number of carboxylic acid groups (broad SMARTS) is 2. The van der Waals surface area contributed by atoms with E-state index in [1.54, 1.807) is 0 Å². The van der Waals surface area contributed by atoms with Crippen LogP contribution in [0.3, 0.4) is 0 Å². The van der Waals surface area contributed by atoms with Gasteiger partial charge in [0.1, 0.15) is 13.2 Å². The van der Waals surface area contributed by atoms with Crippen molar-refractivity contribution in [3.63, 3.8) is 0 Å². The summed E-state index contributed by atoms with van der Waals surface area (Å²) in [4.78, 5) is 27.6. The SMILES string of the molecule is O=C(O)COCC(=O)O.O=[C]O. The molecule has 3 N–H and O–H groups in total. The highest BCUT2D eigenvalue weighted by Crippen LogP contribution is 1.73. The number of hydrogen-bond acceptors (Lipinski definition) is 4. The van der Waals surface area contributed by atoms with Gasteiger partial charge >= 0.3 is 18.4 Å². The van der Waals surface area contributed by atoms with Crippen LogP contribution in [0.1, 0.15) is 0 Å². The summed E-state index contributed by atoms with van der Waals surface area (Å²) in [6.07, 6.45) is 0. The van der Waals surface area contributed by atoms with E-state index in [0.717, 1.165) is 0 Å². The Bertz CT molecular complexity index is 138. The fourth-order valence-electron chi connectivity index (χ4n) is 0.226. The minimum atomic E-state index is -1.17. The molecule has 7 heteroatoms. The topological polar surface area (TPSA) is 121 Å². The molecule has 0 aliphatic carbocycles. The molecule has 0 bridgehead atoms. The predicted octanol–water partition coefficient (Wildman–Crippen LogP) is -1.22. The van der Waals surface area contributed by atoms with Crippen molar-refractivity contribution in [1.82, 2.24) is 0 Å². The third-order valence-electron chi connectivity index (χ3n) is 0.451. The van der Waals surface area contributed by atoms with Crippen LogP contribution in [0.25, 0.3) is 0 Å². The molecule has 69 valence electrons. The standard InChI is InChI=1S/C4H6O5.CHO2/c5-3(6)1-9-2-4(7)8;2-1-3/h1-2H2,(H,5,6)(H,7,8);(H,2,3). The van der Waals surface area contributed by atoms with Gasteiger partial charge in [-0.25, -0.2) is 14.4 Å². The van der Waals surface area contributed by atoms with E-state index >= 15 is 0 Å². The molecule has 7 nitrogen and oxygen atoms in total. The lowest BCUT2D eigenvalue weighted by Gasteiger charge is -1.92. The molecule has 1 radical (unpaired) electrons. The van der Waals surface area contributed by atoms with Crippen molar-refractivity contribution in [2.45, 2.75) is 0 Å². The minimum Gasteiger partial charge on any atom is -0.480 e. The van der Waals surface area contributed by atoms with Crippen molar-refractivity contribution in [3.05, 3.63) is 0 Å². The van der Waals surface area contributed by atoms with Crippen molar-refractivity contribution >= 4 is 18.4 Å². The Morgan fingerprint density at radius 3 is 1.58 bits per heavy atom. The van der Waals surface area contributed by atoms with Crippen LogP contribution < -0.4 is 0 Å². The first kappa shape index (κ1) is 13.0. The van der Waals surface area contributed by atoms with E-state index in [1.165, 1.54) is 0 Å². The van der Waals surface area contributed by atoms with Crippen LogP contribution in [0.2, 0.25) is 0 Å². The summed E-state index contributed by atoms with van der Waals surface area (Å²) < 4.78 is 4.16. The fraction of sp³-hybridized carbons (Fsp3) is 0.400. The van der Waals surface area contributed by atoms with Gasteiger partial charge in [0.25, 0.3) is 0 Å². The Hall–Kier alpha value is -1.63. The van der Waals surface area contributed by atoms with Gasteiger partial charge in [0, 0.05) is 0 Å². The van der Waals surface area contributed by atoms with E-state index < -0.39 is 25.2 Å². The van der Waals surface area contributed by atoms with Crippen LogP contribution in [-0.2, 0) is 19.1 Å². The van der Waals surface area contributed by atoms with Gasteiger partial charge in [-0.1, -0.05) is 0 Å². The lowest BCUT2D eigenvalue weighted by atomic mass is 10.7. The second-order valence-electron chi connectivity index (χ2n) is 1.37. The number of carboxylic acids is 2. The molecule has 0 aliphatic rings. The number of hydrogen-bond donors (Lipinski definition) is 3. The molecule has 0 saturated heterocycles. The Balaban J connectivity index is 0. The van der Waals surface area contributed by atoms with E-state index in [-0.39, 0.29) is 0 Å². The third-order valence-corrected chi connectivity index (χ3v) is 0.451. The highest BCUT2D eigenvalue weighted by Gasteiger charge is 1.98. The van der Waals surface area contributed by atoms with Crippen LogP contribution in [0.15, 0.2) is 0 Å². The molecule has 0 unspecified atom stereocenters. The molecule has 0 saturated carbocycles. The normalized spacial score (nSPS) is 7.67. The molecule has 0 fully saturated rings. The number of aliphatic hydroxyl groups excluding tert-OH is 1. The molecule has 0 atom stereocenters. The number of ether oxygens (including phenoxy) is 1. The fourth-order valence-corrected chi connectivity index (χ4v) is 0.226. The monoisotopic (exact) mass is 179 g/mol. The first-order valence-corrected chi connectivity index (χ1v) is 2.57. The molecule has 0 rings (SSSR count). The second kappa shape index (κ2) is 9.37. The maximum absolute atomic E-state index is 9.66. The molecule has 12 heavy (non-hydrogen) atoms. The first-order valence-electron chi connectivity index (χ1n) is 2.57. The lowest BCUT2D eigenvalue weighted by Crippen LogP contribution is -2.13. The molecular weight excluding hydrogens is 172 g/mol.